The maximum absolute atomic E-state index is 11.8. The number of rotatable bonds is 4. The largest absolute Gasteiger partial charge is 0.487 e. The minimum atomic E-state index is -0.0393. The number of carbonyl (C=O) groups excluding carboxylic acids is 1. The van der Waals surface area contributed by atoms with Gasteiger partial charge in [0.15, 0.2) is 0 Å². The van der Waals surface area contributed by atoms with Gasteiger partial charge in [-0.15, -0.1) is 0 Å². The van der Waals surface area contributed by atoms with Crippen LogP contribution in [0.1, 0.15) is 21.5 Å². The molecule has 2 aromatic rings. The number of nitrogens with zero attached hydrogens (tertiary/aromatic N) is 2. The van der Waals surface area contributed by atoms with Gasteiger partial charge in [-0.1, -0.05) is 23.7 Å². The van der Waals surface area contributed by atoms with Crippen LogP contribution in [0.15, 0.2) is 42.5 Å². The smallest absolute Gasteiger partial charge is 0.253 e. The van der Waals surface area contributed by atoms with E-state index < -0.39 is 0 Å². The van der Waals surface area contributed by atoms with E-state index in [1.807, 2.05) is 18.2 Å². The van der Waals surface area contributed by atoms with Gasteiger partial charge < -0.3 is 9.64 Å². The van der Waals surface area contributed by atoms with Crippen molar-refractivity contribution in [3.63, 3.8) is 0 Å². The Bertz CT molecular complexity index is 718. The SMILES string of the molecule is CN(C)C(=O)c1ccc(COc2ccc(C#N)cc2Cl)cc1. The van der Waals surface area contributed by atoms with Crippen molar-refractivity contribution >= 4 is 17.5 Å². The van der Waals surface area contributed by atoms with Crippen molar-refractivity contribution in [3.8, 4) is 11.8 Å². The van der Waals surface area contributed by atoms with Gasteiger partial charge >= 0.3 is 0 Å². The molecule has 22 heavy (non-hydrogen) atoms. The Morgan fingerprint density at radius 1 is 1.23 bits per heavy atom. The molecule has 2 aromatic carbocycles. The van der Waals surface area contributed by atoms with E-state index >= 15 is 0 Å². The molecular weight excluding hydrogens is 300 g/mol. The van der Waals surface area contributed by atoms with E-state index in [0.29, 0.717) is 28.5 Å². The van der Waals surface area contributed by atoms with Crippen LogP contribution in [0, 0.1) is 11.3 Å². The topological polar surface area (TPSA) is 53.3 Å². The van der Waals surface area contributed by atoms with E-state index in [1.165, 1.54) is 4.90 Å². The zero-order chi connectivity index (χ0) is 16.1. The van der Waals surface area contributed by atoms with E-state index in [2.05, 4.69) is 0 Å². The number of carbonyl (C=O) groups is 1. The highest BCUT2D eigenvalue weighted by atomic mass is 35.5. The summed E-state index contributed by atoms with van der Waals surface area (Å²) in [5.74, 6) is 0.483. The van der Waals surface area contributed by atoms with Crippen LogP contribution in [-0.2, 0) is 6.61 Å². The highest BCUT2D eigenvalue weighted by Crippen LogP contribution is 2.26. The molecule has 0 radical (unpaired) electrons. The maximum Gasteiger partial charge on any atom is 0.253 e. The second-order valence-electron chi connectivity index (χ2n) is 4.94. The maximum atomic E-state index is 11.8. The van der Waals surface area contributed by atoms with Crippen LogP contribution in [0.5, 0.6) is 5.75 Å². The predicted octanol–water partition coefficient (Wildman–Crippen LogP) is 3.49. The molecule has 112 valence electrons. The average molecular weight is 315 g/mol. The van der Waals surface area contributed by atoms with Gasteiger partial charge in [0, 0.05) is 19.7 Å². The molecule has 0 aliphatic rings. The van der Waals surface area contributed by atoms with Gasteiger partial charge in [-0.2, -0.15) is 5.26 Å². The van der Waals surface area contributed by atoms with Crippen LogP contribution >= 0.6 is 11.6 Å². The first-order chi connectivity index (χ1) is 10.5. The lowest BCUT2D eigenvalue weighted by Crippen LogP contribution is -2.21. The van der Waals surface area contributed by atoms with Gasteiger partial charge in [-0.25, -0.2) is 0 Å². The van der Waals surface area contributed by atoms with Crippen LogP contribution in [0.25, 0.3) is 0 Å². The molecule has 0 aliphatic heterocycles. The van der Waals surface area contributed by atoms with E-state index in [4.69, 9.17) is 21.6 Å². The van der Waals surface area contributed by atoms with Crippen LogP contribution < -0.4 is 4.74 Å². The molecular formula is C17H15ClN2O2. The molecule has 0 saturated carbocycles. The number of halogens is 1. The Hall–Kier alpha value is -2.51. The summed E-state index contributed by atoms with van der Waals surface area (Å²) in [4.78, 5) is 13.3. The Balaban J connectivity index is 2.03. The van der Waals surface area contributed by atoms with Crippen molar-refractivity contribution in [2.45, 2.75) is 6.61 Å². The molecule has 0 aromatic heterocycles. The summed E-state index contributed by atoms with van der Waals surface area (Å²) in [5, 5.41) is 9.19. The van der Waals surface area contributed by atoms with Gasteiger partial charge in [0.2, 0.25) is 0 Å². The number of nitriles is 1. The van der Waals surface area contributed by atoms with Gasteiger partial charge in [-0.05, 0) is 35.9 Å². The first kappa shape index (κ1) is 15.9. The van der Waals surface area contributed by atoms with Crippen molar-refractivity contribution < 1.29 is 9.53 Å². The first-order valence-corrected chi connectivity index (χ1v) is 7.02. The second kappa shape index (κ2) is 6.97. The number of ether oxygens (including phenoxy) is 1. The van der Waals surface area contributed by atoms with Crippen LogP contribution in [0.4, 0.5) is 0 Å². The van der Waals surface area contributed by atoms with Crippen molar-refractivity contribution in [1.82, 2.24) is 4.90 Å². The lowest BCUT2D eigenvalue weighted by atomic mass is 10.1. The fraction of sp³-hybridized carbons (Fsp3) is 0.176. The minimum absolute atomic E-state index is 0.0393. The monoisotopic (exact) mass is 314 g/mol. The molecule has 0 atom stereocenters. The van der Waals surface area contributed by atoms with Crippen LogP contribution in [0.3, 0.4) is 0 Å². The third-order valence-electron chi connectivity index (χ3n) is 3.06. The van der Waals surface area contributed by atoms with Gasteiger partial charge in [0.1, 0.15) is 12.4 Å². The van der Waals surface area contributed by atoms with Crippen molar-refractivity contribution in [2.75, 3.05) is 14.1 Å². The predicted molar refractivity (Wildman–Crippen MR) is 85.0 cm³/mol. The number of amides is 1. The normalized spacial score (nSPS) is 9.91. The van der Waals surface area contributed by atoms with Crippen molar-refractivity contribution in [1.29, 1.82) is 5.26 Å². The Kier molecular flexibility index (Phi) is 5.03. The van der Waals surface area contributed by atoms with E-state index in [1.54, 1.807) is 44.4 Å². The molecule has 5 heteroatoms. The number of hydrogen-bond donors (Lipinski definition) is 0. The molecule has 0 heterocycles. The van der Waals surface area contributed by atoms with Crippen LogP contribution in [-0.4, -0.2) is 24.9 Å². The fourth-order valence-electron chi connectivity index (χ4n) is 1.85. The molecule has 0 N–H and O–H groups in total. The standard InChI is InChI=1S/C17H15ClN2O2/c1-20(2)17(21)14-6-3-12(4-7-14)11-22-16-8-5-13(10-19)9-15(16)18/h3-9H,11H2,1-2H3. The van der Waals surface area contributed by atoms with Crippen molar-refractivity contribution in [3.05, 3.63) is 64.2 Å². The number of hydrogen-bond acceptors (Lipinski definition) is 3. The molecule has 0 spiro atoms. The lowest BCUT2D eigenvalue weighted by molar-refractivity contribution is 0.0827. The van der Waals surface area contributed by atoms with E-state index in [9.17, 15) is 4.79 Å². The Morgan fingerprint density at radius 2 is 1.91 bits per heavy atom. The molecule has 4 nitrogen and oxygen atoms in total. The molecule has 1 amide bonds. The minimum Gasteiger partial charge on any atom is -0.487 e. The summed E-state index contributed by atoms with van der Waals surface area (Å²) >= 11 is 6.05. The molecule has 0 fully saturated rings. The Labute approximate surface area is 134 Å². The first-order valence-electron chi connectivity index (χ1n) is 6.64. The summed E-state index contributed by atoms with van der Waals surface area (Å²) < 4.78 is 5.63. The van der Waals surface area contributed by atoms with Gasteiger partial charge in [-0.3, -0.25) is 4.79 Å². The highest BCUT2D eigenvalue weighted by Gasteiger charge is 2.08. The summed E-state index contributed by atoms with van der Waals surface area (Å²) in [5.41, 5.74) is 2.05. The molecule has 0 aliphatic carbocycles. The van der Waals surface area contributed by atoms with E-state index in [-0.39, 0.29) is 5.91 Å². The van der Waals surface area contributed by atoms with Gasteiger partial charge in [0.25, 0.3) is 5.91 Å². The molecule has 0 bridgehead atoms. The second-order valence-corrected chi connectivity index (χ2v) is 5.35. The lowest BCUT2D eigenvalue weighted by Gasteiger charge is -2.11. The molecule has 2 rings (SSSR count). The molecule has 0 unspecified atom stereocenters. The Morgan fingerprint density at radius 3 is 2.45 bits per heavy atom. The van der Waals surface area contributed by atoms with Gasteiger partial charge in [0.05, 0.1) is 16.7 Å². The van der Waals surface area contributed by atoms with E-state index in [0.717, 1.165) is 5.56 Å². The average Bonchev–Trinajstić information content (AvgIpc) is 2.53. The summed E-state index contributed by atoms with van der Waals surface area (Å²) in [6, 6.07) is 14.1. The quantitative estimate of drug-likeness (QED) is 0.868. The molecule has 0 saturated heterocycles. The third kappa shape index (κ3) is 3.78. The summed E-state index contributed by atoms with van der Waals surface area (Å²) in [6.07, 6.45) is 0. The van der Waals surface area contributed by atoms with Crippen molar-refractivity contribution in [2.24, 2.45) is 0 Å². The fourth-order valence-corrected chi connectivity index (χ4v) is 2.09. The highest BCUT2D eigenvalue weighted by molar-refractivity contribution is 6.32. The third-order valence-corrected chi connectivity index (χ3v) is 3.36. The zero-order valence-electron chi connectivity index (χ0n) is 12.3. The summed E-state index contributed by atoms with van der Waals surface area (Å²) in [6.45, 7) is 0.335. The van der Waals surface area contributed by atoms with Crippen LogP contribution in [0.2, 0.25) is 5.02 Å². The zero-order valence-corrected chi connectivity index (χ0v) is 13.1. The summed E-state index contributed by atoms with van der Waals surface area (Å²) in [7, 11) is 3.43. The number of benzene rings is 2.